The third-order valence-corrected chi connectivity index (χ3v) is 3.72. The third kappa shape index (κ3) is 4.82. The Balaban J connectivity index is 2.01. The van der Waals surface area contributed by atoms with Crippen molar-refractivity contribution in [1.29, 1.82) is 0 Å². The van der Waals surface area contributed by atoms with Crippen LogP contribution in [0, 0.1) is 6.92 Å². The standard InChI is InChI=1S/C17H24N4O2/c1-13-4-6-15(7-5-13)11-21(8-9-22)17(23)19-14(2)16-10-18-20(3)12-16/h4-7,10,12,14,22H,8-9,11H2,1-3H3,(H,19,23). The van der Waals surface area contributed by atoms with Gasteiger partial charge in [0.25, 0.3) is 0 Å². The Labute approximate surface area is 136 Å². The van der Waals surface area contributed by atoms with E-state index in [1.807, 2.05) is 51.4 Å². The van der Waals surface area contributed by atoms with Crippen molar-refractivity contribution in [3.8, 4) is 0 Å². The first-order valence-electron chi connectivity index (χ1n) is 7.70. The van der Waals surface area contributed by atoms with E-state index in [4.69, 9.17) is 0 Å². The predicted molar refractivity (Wildman–Crippen MR) is 88.8 cm³/mol. The van der Waals surface area contributed by atoms with Crippen LogP contribution in [0.15, 0.2) is 36.7 Å². The number of urea groups is 1. The molecule has 0 spiro atoms. The van der Waals surface area contributed by atoms with E-state index in [0.29, 0.717) is 13.1 Å². The van der Waals surface area contributed by atoms with E-state index < -0.39 is 0 Å². The number of aliphatic hydroxyl groups is 1. The molecule has 1 aromatic heterocycles. The summed E-state index contributed by atoms with van der Waals surface area (Å²) in [5.41, 5.74) is 3.16. The second-order valence-electron chi connectivity index (χ2n) is 5.75. The van der Waals surface area contributed by atoms with Gasteiger partial charge in [0.2, 0.25) is 0 Å². The van der Waals surface area contributed by atoms with E-state index in [1.165, 1.54) is 5.56 Å². The average molecular weight is 316 g/mol. The zero-order valence-electron chi connectivity index (χ0n) is 13.9. The van der Waals surface area contributed by atoms with E-state index in [9.17, 15) is 9.90 Å². The molecule has 2 rings (SSSR count). The van der Waals surface area contributed by atoms with Gasteiger partial charge in [0.05, 0.1) is 18.8 Å². The molecule has 6 nitrogen and oxygen atoms in total. The number of amides is 2. The minimum atomic E-state index is -0.198. The lowest BCUT2D eigenvalue weighted by atomic mass is 10.1. The molecule has 0 bridgehead atoms. The van der Waals surface area contributed by atoms with Crippen LogP contribution in [0.25, 0.3) is 0 Å². The highest BCUT2D eigenvalue weighted by atomic mass is 16.3. The fourth-order valence-corrected chi connectivity index (χ4v) is 2.31. The maximum absolute atomic E-state index is 12.5. The quantitative estimate of drug-likeness (QED) is 0.856. The molecule has 0 fully saturated rings. The molecule has 1 unspecified atom stereocenters. The van der Waals surface area contributed by atoms with E-state index in [1.54, 1.807) is 15.8 Å². The molecule has 2 N–H and O–H groups in total. The monoisotopic (exact) mass is 316 g/mol. The van der Waals surface area contributed by atoms with Crippen molar-refractivity contribution in [2.24, 2.45) is 7.05 Å². The molecule has 6 heteroatoms. The van der Waals surface area contributed by atoms with Gasteiger partial charge in [-0.2, -0.15) is 5.10 Å². The molecular weight excluding hydrogens is 292 g/mol. The molecule has 0 saturated carbocycles. The predicted octanol–water partition coefficient (Wildman–Crippen LogP) is 1.99. The molecule has 0 aliphatic rings. The first kappa shape index (κ1) is 17.0. The van der Waals surface area contributed by atoms with Crippen LogP contribution >= 0.6 is 0 Å². The lowest BCUT2D eigenvalue weighted by Gasteiger charge is -2.24. The summed E-state index contributed by atoms with van der Waals surface area (Å²) in [6.45, 7) is 4.63. The Morgan fingerprint density at radius 3 is 2.65 bits per heavy atom. The first-order valence-corrected chi connectivity index (χ1v) is 7.70. The van der Waals surface area contributed by atoms with Gasteiger partial charge in [-0.1, -0.05) is 29.8 Å². The number of nitrogens with zero attached hydrogens (tertiary/aromatic N) is 3. The Kier molecular flexibility index (Phi) is 5.76. The number of carbonyl (C=O) groups is 1. The van der Waals surface area contributed by atoms with Crippen molar-refractivity contribution in [3.63, 3.8) is 0 Å². The van der Waals surface area contributed by atoms with Gasteiger partial charge in [0.15, 0.2) is 0 Å². The fourth-order valence-electron chi connectivity index (χ4n) is 2.31. The number of hydrogen-bond donors (Lipinski definition) is 2. The van der Waals surface area contributed by atoms with Crippen LogP contribution in [0.5, 0.6) is 0 Å². The summed E-state index contributed by atoms with van der Waals surface area (Å²) in [7, 11) is 1.84. The second-order valence-corrected chi connectivity index (χ2v) is 5.75. The molecular formula is C17H24N4O2. The van der Waals surface area contributed by atoms with Gasteiger partial charge in [0, 0.05) is 31.9 Å². The second kappa shape index (κ2) is 7.78. The number of aromatic nitrogens is 2. The van der Waals surface area contributed by atoms with Gasteiger partial charge in [0.1, 0.15) is 0 Å². The van der Waals surface area contributed by atoms with Crippen molar-refractivity contribution in [1.82, 2.24) is 20.0 Å². The van der Waals surface area contributed by atoms with Crippen molar-refractivity contribution >= 4 is 6.03 Å². The van der Waals surface area contributed by atoms with Crippen LogP contribution in [0.1, 0.15) is 29.7 Å². The van der Waals surface area contributed by atoms with Crippen molar-refractivity contribution < 1.29 is 9.90 Å². The number of nitrogens with one attached hydrogen (secondary N) is 1. The van der Waals surface area contributed by atoms with Gasteiger partial charge >= 0.3 is 6.03 Å². The molecule has 1 heterocycles. The number of aliphatic hydroxyl groups excluding tert-OH is 1. The minimum Gasteiger partial charge on any atom is -0.395 e. The maximum atomic E-state index is 12.5. The van der Waals surface area contributed by atoms with E-state index in [0.717, 1.165) is 11.1 Å². The first-order chi connectivity index (χ1) is 11.0. The molecule has 1 atom stereocenters. The topological polar surface area (TPSA) is 70.4 Å². The van der Waals surface area contributed by atoms with E-state index >= 15 is 0 Å². The average Bonchev–Trinajstić information content (AvgIpc) is 2.95. The SMILES string of the molecule is Cc1ccc(CN(CCO)C(=O)NC(C)c2cnn(C)c2)cc1. The molecule has 0 saturated heterocycles. The highest BCUT2D eigenvalue weighted by molar-refractivity contribution is 5.74. The van der Waals surface area contributed by atoms with Crippen LogP contribution in [0.2, 0.25) is 0 Å². The normalized spacial score (nSPS) is 12.0. The highest BCUT2D eigenvalue weighted by Crippen LogP contribution is 2.12. The van der Waals surface area contributed by atoms with Crippen molar-refractivity contribution in [3.05, 3.63) is 53.3 Å². The van der Waals surface area contributed by atoms with Gasteiger partial charge in [-0.25, -0.2) is 4.79 Å². The van der Waals surface area contributed by atoms with Crippen LogP contribution in [0.3, 0.4) is 0 Å². The zero-order chi connectivity index (χ0) is 16.8. The summed E-state index contributed by atoms with van der Waals surface area (Å²) in [6, 6.07) is 7.69. The molecule has 2 aromatic rings. The Bertz CT molecular complexity index is 636. The largest absolute Gasteiger partial charge is 0.395 e. The summed E-state index contributed by atoms with van der Waals surface area (Å²) >= 11 is 0. The molecule has 0 aliphatic heterocycles. The Morgan fingerprint density at radius 2 is 2.09 bits per heavy atom. The number of aryl methyl sites for hydroxylation is 2. The Hall–Kier alpha value is -2.34. The third-order valence-electron chi connectivity index (χ3n) is 3.72. The minimum absolute atomic E-state index is 0.0689. The summed E-state index contributed by atoms with van der Waals surface area (Å²) in [6.07, 6.45) is 3.61. The van der Waals surface area contributed by atoms with Gasteiger partial charge < -0.3 is 15.3 Å². The van der Waals surface area contributed by atoms with Gasteiger partial charge in [-0.15, -0.1) is 0 Å². The van der Waals surface area contributed by atoms with Gasteiger partial charge in [-0.3, -0.25) is 4.68 Å². The van der Waals surface area contributed by atoms with Crippen molar-refractivity contribution in [2.45, 2.75) is 26.4 Å². The summed E-state index contributed by atoms with van der Waals surface area (Å²) < 4.78 is 1.70. The number of rotatable bonds is 6. The van der Waals surface area contributed by atoms with E-state index in [2.05, 4.69) is 10.4 Å². The number of carbonyl (C=O) groups excluding carboxylic acids is 1. The molecule has 23 heavy (non-hydrogen) atoms. The molecule has 2 amide bonds. The highest BCUT2D eigenvalue weighted by Gasteiger charge is 2.17. The molecule has 0 radical (unpaired) electrons. The number of hydrogen-bond acceptors (Lipinski definition) is 3. The van der Waals surface area contributed by atoms with Crippen LogP contribution < -0.4 is 5.32 Å². The van der Waals surface area contributed by atoms with Gasteiger partial charge in [-0.05, 0) is 19.4 Å². The lowest BCUT2D eigenvalue weighted by Crippen LogP contribution is -2.42. The fraction of sp³-hybridized carbons (Fsp3) is 0.412. The van der Waals surface area contributed by atoms with Crippen molar-refractivity contribution in [2.75, 3.05) is 13.2 Å². The summed E-state index contributed by atoms with van der Waals surface area (Å²) in [4.78, 5) is 14.1. The molecule has 124 valence electrons. The number of benzene rings is 1. The molecule has 1 aromatic carbocycles. The lowest BCUT2D eigenvalue weighted by molar-refractivity contribution is 0.171. The zero-order valence-corrected chi connectivity index (χ0v) is 13.9. The van der Waals surface area contributed by atoms with Crippen LogP contribution in [-0.4, -0.2) is 39.0 Å². The Morgan fingerprint density at radius 1 is 1.39 bits per heavy atom. The molecule has 0 aliphatic carbocycles. The maximum Gasteiger partial charge on any atom is 0.318 e. The van der Waals surface area contributed by atoms with Crippen LogP contribution in [0.4, 0.5) is 4.79 Å². The smallest absolute Gasteiger partial charge is 0.318 e. The summed E-state index contributed by atoms with van der Waals surface area (Å²) in [5, 5.41) is 16.3. The van der Waals surface area contributed by atoms with E-state index in [-0.39, 0.29) is 18.7 Å². The van der Waals surface area contributed by atoms with Crippen LogP contribution in [-0.2, 0) is 13.6 Å². The summed E-state index contributed by atoms with van der Waals surface area (Å²) in [5.74, 6) is 0.